The Kier molecular flexibility index (Phi) is 7.54. The van der Waals surface area contributed by atoms with Crippen LogP contribution >= 0.6 is 0 Å². The number of nitrogens with one attached hydrogen (secondary N) is 1. The molecule has 1 heterocycles. The molecule has 0 radical (unpaired) electrons. The molecule has 7 heteroatoms. The average molecular weight is 425 g/mol. The van der Waals surface area contributed by atoms with E-state index in [1.165, 1.54) is 13.2 Å². The fourth-order valence-electron chi connectivity index (χ4n) is 3.32. The summed E-state index contributed by atoms with van der Waals surface area (Å²) in [4.78, 5) is 24.4. The topological polar surface area (TPSA) is 83.1 Å². The number of benzene rings is 2. The van der Waals surface area contributed by atoms with Gasteiger partial charge in [-0.1, -0.05) is 32.0 Å². The lowest BCUT2D eigenvalue weighted by Gasteiger charge is -2.20. The van der Waals surface area contributed by atoms with Gasteiger partial charge in [0.05, 0.1) is 7.11 Å². The predicted molar refractivity (Wildman–Crippen MR) is 118 cm³/mol. The minimum atomic E-state index is -0.622. The molecule has 0 saturated carbocycles. The van der Waals surface area contributed by atoms with E-state index < -0.39 is 5.97 Å². The van der Waals surface area contributed by atoms with Gasteiger partial charge in [0, 0.05) is 11.8 Å². The molecule has 1 aliphatic rings. The molecule has 0 saturated heterocycles. The molecule has 164 valence electrons. The van der Waals surface area contributed by atoms with E-state index in [0.29, 0.717) is 36.0 Å². The minimum absolute atomic E-state index is 0.366. The molecule has 0 spiro atoms. The van der Waals surface area contributed by atoms with Crippen LogP contribution in [0.5, 0.6) is 17.2 Å². The van der Waals surface area contributed by atoms with Crippen molar-refractivity contribution in [1.29, 1.82) is 0 Å². The van der Waals surface area contributed by atoms with Gasteiger partial charge in [0.2, 0.25) is 5.75 Å². The second-order valence-corrected chi connectivity index (χ2v) is 6.89. The average Bonchev–Trinajstić information content (AvgIpc) is 2.80. The molecular formula is C24H27NO6. The summed E-state index contributed by atoms with van der Waals surface area (Å²) in [6, 6.07) is 9.42. The molecule has 0 fully saturated rings. The lowest BCUT2D eigenvalue weighted by molar-refractivity contribution is -0.142. The molecule has 3 rings (SSSR count). The second kappa shape index (κ2) is 10.5. The van der Waals surface area contributed by atoms with Crippen LogP contribution in [0.15, 0.2) is 36.4 Å². The van der Waals surface area contributed by atoms with Gasteiger partial charge in [-0.25, -0.2) is 4.79 Å². The van der Waals surface area contributed by atoms with Crippen LogP contribution < -0.4 is 19.5 Å². The minimum Gasteiger partial charge on any atom is -0.493 e. The number of carbonyl (C=O) groups is 2. The maximum Gasteiger partial charge on any atom is 0.331 e. The first-order chi connectivity index (χ1) is 15.0. The third-order valence-electron chi connectivity index (χ3n) is 4.87. The van der Waals surface area contributed by atoms with Crippen LogP contribution in [-0.2, 0) is 27.2 Å². The SMILES string of the molecule is CCc1cccc(CC)c1NC(=O)COC(=O)/C=C/c1cc(OC)c2c(c1)OCCO2. The summed E-state index contributed by atoms with van der Waals surface area (Å²) in [5.74, 6) is 0.621. The molecule has 2 aromatic carbocycles. The molecule has 0 aliphatic carbocycles. The Morgan fingerprint density at radius 3 is 2.48 bits per heavy atom. The summed E-state index contributed by atoms with van der Waals surface area (Å²) in [6.07, 6.45) is 4.42. The Morgan fingerprint density at radius 2 is 1.81 bits per heavy atom. The number of ether oxygens (including phenoxy) is 4. The zero-order valence-corrected chi connectivity index (χ0v) is 18.0. The summed E-state index contributed by atoms with van der Waals surface area (Å²) in [6.45, 7) is 4.59. The van der Waals surface area contributed by atoms with Crippen molar-refractivity contribution < 1.29 is 28.5 Å². The smallest absolute Gasteiger partial charge is 0.331 e. The molecule has 31 heavy (non-hydrogen) atoms. The van der Waals surface area contributed by atoms with Crippen molar-refractivity contribution in [2.75, 3.05) is 32.2 Å². The number of rotatable bonds is 8. The van der Waals surface area contributed by atoms with Crippen molar-refractivity contribution in [2.45, 2.75) is 26.7 Å². The molecule has 7 nitrogen and oxygen atoms in total. The fourth-order valence-corrected chi connectivity index (χ4v) is 3.32. The van der Waals surface area contributed by atoms with E-state index in [1.807, 2.05) is 32.0 Å². The van der Waals surface area contributed by atoms with Crippen molar-refractivity contribution in [3.05, 3.63) is 53.1 Å². The highest BCUT2D eigenvalue weighted by molar-refractivity contribution is 5.95. The number of esters is 1. The van der Waals surface area contributed by atoms with Crippen LogP contribution in [0.4, 0.5) is 5.69 Å². The van der Waals surface area contributed by atoms with Gasteiger partial charge in [0.1, 0.15) is 13.2 Å². The molecule has 0 aromatic heterocycles. The standard InChI is InChI=1S/C24H27NO6/c1-4-17-7-6-8-18(5-2)23(17)25-21(26)15-31-22(27)10-9-16-13-19(28-3)24-20(14-16)29-11-12-30-24/h6-10,13-14H,4-5,11-12,15H2,1-3H3,(H,25,26)/b10-9+. The summed E-state index contributed by atoms with van der Waals surface area (Å²) < 4.78 is 21.6. The van der Waals surface area contributed by atoms with Gasteiger partial charge in [0.15, 0.2) is 18.1 Å². The van der Waals surface area contributed by atoms with Gasteiger partial charge in [-0.05, 0) is 47.7 Å². The number of anilines is 1. The van der Waals surface area contributed by atoms with Crippen molar-refractivity contribution >= 4 is 23.6 Å². The number of hydrogen-bond acceptors (Lipinski definition) is 6. The van der Waals surface area contributed by atoms with Crippen molar-refractivity contribution in [3.63, 3.8) is 0 Å². The lowest BCUT2D eigenvalue weighted by Crippen LogP contribution is -2.21. The van der Waals surface area contributed by atoms with Crippen LogP contribution in [0, 0.1) is 0 Å². The number of amides is 1. The molecule has 2 aromatic rings. The van der Waals surface area contributed by atoms with E-state index in [0.717, 1.165) is 29.7 Å². The Labute approximate surface area is 181 Å². The summed E-state index contributed by atoms with van der Waals surface area (Å²) in [5.41, 5.74) is 3.58. The largest absolute Gasteiger partial charge is 0.493 e. The van der Waals surface area contributed by atoms with E-state index in [2.05, 4.69) is 5.32 Å². The fraction of sp³-hybridized carbons (Fsp3) is 0.333. The quantitative estimate of drug-likeness (QED) is 0.512. The molecule has 1 amide bonds. The Hall–Kier alpha value is -3.48. The maximum atomic E-state index is 12.3. The van der Waals surface area contributed by atoms with Crippen LogP contribution in [0.2, 0.25) is 0 Å². The van der Waals surface area contributed by atoms with Crippen molar-refractivity contribution in [3.8, 4) is 17.2 Å². The van der Waals surface area contributed by atoms with Gasteiger partial charge < -0.3 is 24.3 Å². The summed E-state index contributed by atoms with van der Waals surface area (Å²) in [5, 5.41) is 2.87. The van der Waals surface area contributed by atoms with Crippen LogP contribution in [0.1, 0.15) is 30.5 Å². The Morgan fingerprint density at radius 1 is 1.10 bits per heavy atom. The van der Waals surface area contributed by atoms with Gasteiger partial charge in [-0.15, -0.1) is 0 Å². The molecule has 1 N–H and O–H groups in total. The molecule has 0 unspecified atom stereocenters. The van der Waals surface area contributed by atoms with E-state index in [-0.39, 0.29) is 12.5 Å². The van der Waals surface area contributed by atoms with Crippen LogP contribution in [0.25, 0.3) is 6.08 Å². The molecule has 1 aliphatic heterocycles. The third kappa shape index (κ3) is 5.57. The van der Waals surface area contributed by atoms with Gasteiger partial charge in [0.25, 0.3) is 5.91 Å². The van der Waals surface area contributed by atoms with Crippen LogP contribution in [-0.4, -0.2) is 38.8 Å². The summed E-state index contributed by atoms with van der Waals surface area (Å²) in [7, 11) is 1.54. The number of methoxy groups -OCH3 is 1. The van der Waals surface area contributed by atoms with E-state index in [9.17, 15) is 9.59 Å². The predicted octanol–water partition coefficient (Wildman–Crippen LogP) is 3.79. The zero-order chi connectivity index (χ0) is 22.2. The Balaban J connectivity index is 1.59. The lowest BCUT2D eigenvalue weighted by atomic mass is 10.0. The van der Waals surface area contributed by atoms with E-state index >= 15 is 0 Å². The highest BCUT2D eigenvalue weighted by atomic mass is 16.6. The van der Waals surface area contributed by atoms with Crippen molar-refractivity contribution in [2.24, 2.45) is 0 Å². The van der Waals surface area contributed by atoms with Crippen molar-refractivity contribution in [1.82, 2.24) is 0 Å². The van der Waals surface area contributed by atoms with Crippen LogP contribution in [0.3, 0.4) is 0 Å². The van der Waals surface area contributed by atoms with Gasteiger partial charge >= 0.3 is 5.97 Å². The number of fused-ring (bicyclic) bond motifs is 1. The first-order valence-electron chi connectivity index (χ1n) is 10.3. The highest BCUT2D eigenvalue weighted by Gasteiger charge is 2.18. The zero-order valence-electron chi connectivity index (χ0n) is 18.0. The van der Waals surface area contributed by atoms with E-state index in [4.69, 9.17) is 18.9 Å². The molecular weight excluding hydrogens is 398 g/mol. The first kappa shape index (κ1) is 22.2. The highest BCUT2D eigenvalue weighted by Crippen LogP contribution is 2.40. The number of aryl methyl sites for hydroxylation is 2. The molecule has 0 bridgehead atoms. The van der Waals surface area contributed by atoms with Gasteiger partial charge in [-0.3, -0.25) is 4.79 Å². The number of para-hydroxylation sites is 1. The normalized spacial score (nSPS) is 12.5. The second-order valence-electron chi connectivity index (χ2n) is 6.89. The number of hydrogen-bond donors (Lipinski definition) is 1. The maximum absolute atomic E-state index is 12.3. The van der Waals surface area contributed by atoms with Gasteiger partial charge in [-0.2, -0.15) is 0 Å². The van der Waals surface area contributed by atoms with E-state index in [1.54, 1.807) is 18.2 Å². The third-order valence-corrected chi connectivity index (χ3v) is 4.87. The molecule has 0 atom stereocenters. The number of carbonyl (C=O) groups excluding carboxylic acids is 2. The first-order valence-corrected chi connectivity index (χ1v) is 10.3. The Bertz CT molecular complexity index is 943. The monoisotopic (exact) mass is 425 g/mol. The summed E-state index contributed by atoms with van der Waals surface area (Å²) >= 11 is 0.